The van der Waals surface area contributed by atoms with Gasteiger partial charge >= 0.3 is 0 Å². The molecule has 2 heterocycles. The van der Waals surface area contributed by atoms with Gasteiger partial charge in [-0.1, -0.05) is 6.07 Å². The Morgan fingerprint density at radius 3 is 2.53 bits per heavy atom. The number of halogens is 1. The van der Waals surface area contributed by atoms with Gasteiger partial charge in [-0.15, -0.1) is 0 Å². The standard InChI is InChI=1S/C15H13BrN2O/c1-10-3-8-13-14(16)17-15(18(13)9-10)11-4-6-12(19-2)7-5-11/h3-9H,1-2H3. The third-order valence-corrected chi connectivity index (χ3v) is 3.67. The summed E-state index contributed by atoms with van der Waals surface area (Å²) in [6.45, 7) is 2.07. The van der Waals surface area contributed by atoms with Crippen molar-refractivity contribution in [1.29, 1.82) is 0 Å². The zero-order valence-corrected chi connectivity index (χ0v) is 12.3. The Bertz CT molecular complexity index is 732. The van der Waals surface area contributed by atoms with Crippen LogP contribution in [-0.4, -0.2) is 16.5 Å². The number of nitrogens with zero attached hydrogens (tertiary/aromatic N) is 2. The first-order chi connectivity index (χ1) is 9.19. The van der Waals surface area contributed by atoms with Crippen LogP contribution >= 0.6 is 15.9 Å². The quantitative estimate of drug-likeness (QED) is 0.712. The Morgan fingerprint density at radius 2 is 1.84 bits per heavy atom. The molecule has 0 atom stereocenters. The van der Waals surface area contributed by atoms with Gasteiger partial charge in [-0.25, -0.2) is 4.98 Å². The number of fused-ring (bicyclic) bond motifs is 1. The summed E-state index contributed by atoms with van der Waals surface area (Å²) in [5.41, 5.74) is 3.33. The van der Waals surface area contributed by atoms with Gasteiger partial charge < -0.3 is 4.74 Å². The molecule has 19 heavy (non-hydrogen) atoms. The van der Waals surface area contributed by atoms with E-state index in [0.717, 1.165) is 27.3 Å². The molecule has 0 N–H and O–H groups in total. The number of rotatable bonds is 2. The normalized spacial score (nSPS) is 10.9. The number of pyridine rings is 1. The third-order valence-electron chi connectivity index (χ3n) is 3.09. The largest absolute Gasteiger partial charge is 0.497 e. The number of benzene rings is 1. The smallest absolute Gasteiger partial charge is 0.145 e. The summed E-state index contributed by atoms with van der Waals surface area (Å²) < 4.78 is 8.14. The second-order valence-corrected chi connectivity index (χ2v) is 5.17. The molecule has 0 spiro atoms. The van der Waals surface area contributed by atoms with Crippen LogP contribution in [0.15, 0.2) is 47.2 Å². The molecule has 3 nitrogen and oxygen atoms in total. The van der Waals surface area contributed by atoms with Gasteiger partial charge in [-0.3, -0.25) is 4.40 Å². The van der Waals surface area contributed by atoms with Gasteiger partial charge in [0.2, 0.25) is 0 Å². The highest BCUT2D eigenvalue weighted by Crippen LogP contribution is 2.27. The minimum atomic E-state index is 0.847. The first kappa shape index (κ1) is 12.2. The molecular weight excluding hydrogens is 304 g/mol. The number of aryl methyl sites for hydroxylation is 1. The van der Waals surface area contributed by atoms with Gasteiger partial charge in [0.25, 0.3) is 0 Å². The molecule has 2 aromatic heterocycles. The second-order valence-electron chi connectivity index (χ2n) is 4.42. The van der Waals surface area contributed by atoms with Gasteiger partial charge in [0.05, 0.1) is 12.6 Å². The van der Waals surface area contributed by atoms with Crippen LogP contribution in [0.3, 0.4) is 0 Å². The highest BCUT2D eigenvalue weighted by molar-refractivity contribution is 9.10. The van der Waals surface area contributed by atoms with Crippen molar-refractivity contribution in [2.45, 2.75) is 6.92 Å². The number of hydrogen-bond donors (Lipinski definition) is 0. The molecule has 96 valence electrons. The van der Waals surface area contributed by atoms with Gasteiger partial charge in [0.1, 0.15) is 16.2 Å². The van der Waals surface area contributed by atoms with E-state index >= 15 is 0 Å². The van der Waals surface area contributed by atoms with Crippen molar-refractivity contribution in [1.82, 2.24) is 9.38 Å². The van der Waals surface area contributed by atoms with Crippen LogP contribution in [-0.2, 0) is 0 Å². The molecule has 3 aromatic rings. The highest BCUT2D eigenvalue weighted by Gasteiger charge is 2.10. The SMILES string of the molecule is COc1ccc(-c2nc(Br)c3ccc(C)cn23)cc1. The van der Waals surface area contributed by atoms with Gasteiger partial charge in [-0.2, -0.15) is 0 Å². The van der Waals surface area contributed by atoms with E-state index in [1.807, 2.05) is 24.3 Å². The summed E-state index contributed by atoms with van der Waals surface area (Å²) in [6.07, 6.45) is 2.09. The zero-order chi connectivity index (χ0) is 13.4. The Balaban J connectivity index is 2.20. The fourth-order valence-electron chi connectivity index (χ4n) is 2.10. The molecule has 0 amide bonds. The molecule has 0 unspecified atom stereocenters. The molecule has 1 aromatic carbocycles. The molecule has 0 aliphatic heterocycles. The van der Waals surface area contributed by atoms with Crippen LogP contribution < -0.4 is 4.74 Å². The van der Waals surface area contributed by atoms with Crippen LogP contribution in [0.4, 0.5) is 0 Å². The van der Waals surface area contributed by atoms with Crippen molar-refractivity contribution in [2.75, 3.05) is 7.11 Å². The predicted octanol–water partition coefficient (Wildman–Crippen LogP) is 4.08. The lowest BCUT2D eigenvalue weighted by atomic mass is 10.2. The zero-order valence-electron chi connectivity index (χ0n) is 10.7. The van der Waals surface area contributed by atoms with Crippen LogP contribution in [0.1, 0.15) is 5.56 Å². The van der Waals surface area contributed by atoms with Gasteiger partial charge in [0.15, 0.2) is 0 Å². The van der Waals surface area contributed by atoms with Crippen LogP contribution in [0.25, 0.3) is 16.9 Å². The Hall–Kier alpha value is -1.81. The fraction of sp³-hybridized carbons (Fsp3) is 0.133. The highest BCUT2D eigenvalue weighted by atomic mass is 79.9. The van der Waals surface area contributed by atoms with E-state index in [2.05, 4.69) is 50.6 Å². The van der Waals surface area contributed by atoms with Gasteiger partial charge in [0, 0.05) is 11.8 Å². The average Bonchev–Trinajstić information content (AvgIpc) is 2.75. The van der Waals surface area contributed by atoms with Crippen LogP contribution in [0.2, 0.25) is 0 Å². The maximum Gasteiger partial charge on any atom is 0.145 e. The van der Waals surface area contributed by atoms with Crippen molar-refractivity contribution < 1.29 is 4.74 Å². The van der Waals surface area contributed by atoms with E-state index < -0.39 is 0 Å². The lowest BCUT2D eigenvalue weighted by Crippen LogP contribution is -1.90. The van der Waals surface area contributed by atoms with E-state index in [1.165, 1.54) is 5.56 Å². The summed E-state index contributed by atoms with van der Waals surface area (Å²) >= 11 is 3.51. The van der Waals surface area contributed by atoms with E-state index in [1.54, 1.807) is 7.11 Å². The van der Waals surface area contributed by atoms with Gasteiger partial charge in [-0.05, 0) is 58.7 Å². The lowest BCUT2D eigenvalue weighted by molar-refractivity contribution is 0.415. The van der Waals surface area contributed by atoms with Crippen molar-refractivity contribution >= 4 is 21.4 Å². The molecule has 4 heteroatoms. The first-order valence-corrected chi connectivity index (χ1v) is 6.77. The maximum atomic E-state index is 5.18. The number of methoxy groups -OCH3 is 1. The average molecular weight is 317 g/mol. The summed E-state index contributed by atoms with van der Waals surface area (Å²) in [5.74, 6) is 1.77. The van der Waals surface area contributed by atoms with E-state index in [4.69, 9.17) is 4.74 Å². The number of aromatic nitrogens is 2. The monoisotopic (exact) mass is 316 g/mol. The Kier molecular flexibility index (Phi) is 3.03. The van der Waals surface area contributed by atoms with Crippen LogP contribution in [0, 0.1) is 6.92 Å². The molecule has 0 aliphatic rings. The summed E-state index contributed by atoms with van der Waals surface area (Å²) in [6, 6.07) is 12.1. The molecule has 0 bridgehead atoms. The second kappa shape index (κ2) is 4.70. The summed E-state index contributed by atoms with van der Waals surface area (Å²) in [7, 11) is 1.67. The van der Waals surface area contributed by atoms with E-state index in [0.29, 0.717) is 0 Å². The topological polar surface area (TPSA) is 26.5 Å². The lowest BCUT2D eigenvalue weighted by Gasteiger charge is -2.04. The van der Waals surface area contributed by atoms with Crippen molar-refractivity contribution in [3.63, 3.8) is 0 Å². The molecule has 3 rings (SSSR count). The van der Waals surface area contributed by atoms with Crippen molar-refractivity contribution in [3.8, 4) is 17.1 Å². The van der Waals surface area contributed by atoms with E-state index in [-0.39, 0.29) is 0 Å². The summed E-state index contributed by atoms with van der Waals surface area (Å²) in [5, 5.41) is 0. The fourth-order valence-corrected chi connectivity index (χ4v) is 2.59. The minimum Gasteiger partial charge on any atom is -0.497 e. The molecular formula is C15H13BrN2O. The van der Waals surface area contributed by atoms with E-state index in [9.17, 15) is 0 Å². The minimum absolute atomic E-state index is 0.847. The number of hydrogen-bond acceptors (Lipinski definition) is 2. The third kappa shape index (κ3) is 2.12. The first-order valence-electron chi connectivity index (χ1n) is 5.97. The molecule has 0 fully saturated rings. The molecule has 0 radical (unpaired) electrons. The Labute approximate surface area is 120 Å². The summed E-state index contributed by atoms with van der Waals surface area (Å²) in [4.78, 5) is 4.60. The maximum absolute atomic E-state index is 5.18. The number of imidazole rings is 1. The molecule has 0 aliphatic carbocycles. The van der Waals surface area contributed by atoms with Crippen LogP contribution in [0.5, 0.6) is 5.75 Å². The van der Waals surface area contributed by atoms with Crippen molar-refractivity contribution in [2.24, 2.45) is 0 Å². The molecule has 0 saturated carbocycles. The van der Waals surface area contributed by atoms with Crippen molar-refractivity contribution in [3.05, 3.63) is 52.8 Å². The molecule has 0 saturated heterocycles. The predicted molar refractivity (Wildman–Crippen MR) is 79.6 cm³/mol. The number of ether oxygens (including phenoxy) is 1. The Morgan fingerprint density at radius 1 is 1.11 bits per heavy atom.